The maximum Gasteiger partial charge on any atom is 0.216 e. The zero-order chi connectivity index (χ0) is 14.8. The van der Waals surface area contributed by atoms with Crippen LogP contribution in [0.3, 0.4) is 0 Å². The molecule has 1 fully saturated rings. The van der Waals surface area contributed by atoms with Crippen molar-refractivity contribution in [2.75, 3.05) is 5.73 Å². The first-order valence-corrected chi connectivity index (χ1v) is 8.83. The zero-order valence-corrected chi connectivity index (χ0v) is 13.0. The van der Waals surface area contributed by atoms with Crippen molar-refractivity contribution in [3.8, 4) is 0 Å². The fraction of sp³-hybridized carbons (Fsp3) is 0.600. The third-order valence-electron chi connectivity index (χ3n) is 3.83. The first-order valence-electron chi connectivity index (χ1n) is 7.18. The summed E-state index contributed by atoms with van der Waals surface area (Å²) in [5.74, 6) is 1.16. The Morgan fingerprint density at radius 2 is 1.85 bits per heavy atom. The van der Waals surface area contributed by atoms with Crippen LogP contribution < -0.4 is 10.5 Å². The Kier molecular flexibility index (Phi) is 4.70. The van der Waals surface area contributed by atoms with Crippen LogP contribution in [0.15, 0.2) is 24.3 Å². The molecule has 2 atom stereocenters. The number of sulfonamides is 1. The summed E-state index contributed by atoms with van der Waals surface area (Å²) >= 11 is 0. The smallest absolute Gasteiger partial charge is 0.216 e. The fourth-order valence-electron chi connectivity index (χ4n) is 3.24. The summed E-state index contributed by atoms with van der Waals surface area (Å²) in [7, 11) is -3.30. The zero-order valence-electron chi connectivity index (χ0n) is 12.2. The van der Waals surface area contributed by atoms with Crippen molar-refractivity contribution in [1.29, 1.82) is 0 Å². The number of hydrogen-bond donors (Lipinski definition) is 2. The second-order valence-corrected chi connectivity index (χ2v) is 7.99. The molecule has 112 valence electrons. The highest BCUT2D eigenvalue weighted by Gasteiger charge is 2.27. The van der Waals surface area contributed by atoms with Gasteiger partial charge in [0, 0.05) is 11.7 Å². The Labute approximate surface area is 121 Å². The van der Waals surface area contributed by atoms with Crippen LogP contribution in [-0.4, -0.2) is 14.5 Å². The maximum atomic E-state index is 12.2. The predicted molar refractivity (Wildman–Crippen MR) is 82.6 cm³/mol. The normalized spacial score (nSPS) is 27.4. The molecule has 1 aromatic rings. The van der Waals surface area contributed by atoms with Gasteiger partial charge >= 0.3 is 0 Å². The molecule has 2 unspecified atom stereocenters. The van der Waals surface area contributed by atoms with Gasteiger partial charge in [-0.15, -0.1) is 0 Å². The average Bonchev–Trinajstić information content (AvgIpc) is 2.25. The van der Waals surface area contributed by atoms with Gasteiger partial charge in [-0.1, -0.05) is 26.0 Å². The second kappa shape index (κ2) is 6.14. The Balaban J connectivity index is 2.00. The number of hydrogen-bond acceptors (Lipinski definition) is 3. The molecule has 1 saturated carbocycles. The number of anilines is 1. The lowest BCUT2D eigenvalue weighted by Crippen LogP contribution is -2.40. The van der Waals surface area contributed by atoms with E-state index in [1.807, 2.05) is 0 Å². The number of rotatable bonds is 4. The van der Waals surface area contributed by atoms with Crippen molar-refractivity contribution in [1.82, 2.24) is 4.72 Å². The van der Waals surface area contributed by atoms with Crippen LogP contribution in [0.1, 0.15) is 38.7 Å². The molecule has 1 aromatic carbocycles. The van der Waals surface area contributed by atoms with Gasteiger partial charge in [0.2, 0.25) is 10.0 Å². The van der Waals surface area contributed by atoms with Crippen molar-refractivity contribution >= 4 is 15.7 Å². The molecule has 2 rings (SSSR count). The van der Waals surface area contributed by atoms with Crippen LogP contribution in [0, 0.1) is 11.8 Å². The number of benzene rings is 1. The van der Waals surface area contributed by atoms with Crippen molar-refractivity contribution in [3.05, 3.63) is 29.8 Å². The van der Waals surface area contributed by atoms with Crippen LogP contribution in [0.2, 0.25) is 0 Å². The molecule has 4 nitrogen and oxygen atoms in total. The summed E-state index contributed by atoms with van der Waals surface area (Å²) in [6.07, 6.45) is 3.05. The molecular weight excluding hydrogens is 272 g/mol. The van der Waals surface area contributed by atoms with E-state index in [-0.39, 0.29) is 11.8 Å². The third-order valence-corrected chi connectivity index (χ3v) is 5.24. The average molecular weight is 296 g/mol. The van der Waals surface area contributed by atoms with E-state index in [2.05, 4.69) is 18.6 Å². The van der Waals surface area contributed by atoms with Crippen molar-refractivity contribution in [3.63, 3.8) is 0 Å². The van der Waals surface area contributed by atoms with Crippen LogP contribution >= 0.6 is 0 Å². The van der Waals surface area contributed by atoms with E-state index in [9.17, 15) is 8.42 Å². The minimum atomic E-state index is -3.30. The molecule has 0 aromatic heterocycles. The molecule has 3 N–H and O–H groups in total. The number of nitrogen functional groups attached to an aromatic ring is 1. The van der Waals surface area contributed by atoms with Crippen molar-refractivity contribution < 1.29 is 8.42 Å². The summed E-state index contributed by atoms with van der Waals surface area (Å²) in [6, 6.07) is 7.12. The van der Waals surface area contributed by atoms with Crippen LogP contribution in [-0.2, 0) is 15.8 Å². The van der Waals surface area contributed by atoms with E-state index in [1.54, 1.807) is 24.3 Å². The van der Waals surface area contributed by atoms with E-state index in [4.69, 9.17) is 5.73 Å². The van der Waals surface area contributed by atoms with Gasteiger partial charge in [0.25, 0.3) is 0 Å². The lowest BCUT2D eigenvalue weighted by atomic mass is 9.81. The quantitative estimate of drug-likeness (QED) is 0.839. The second-order valence-electron chi connectivity index (χ2n) is 6.24. The monoisotopic (exact) mass is 296 g/mol. The molecule has 1 aliphatic rings. The van der Waals surface area contributed by atoms with Crippen LogP contribution in [0.5, 0.6) is 0 Å². The summed E-state index contributed by atoms with van der Waals surface area (Å²) in [6.45, 7) is 4.38. The summed E-state index contributed by atoms with van der Waals surface area (Å²) in [5, 5.41) is 0. The number of nitrogens with one attached hydrogen (secondary N) is 1. The molecular formula is C15H24N2O2S. The van der Waals surface area contributed by atoms with Gasteiger partial charge in [0.1, 0.15) is 0 Å². The standard InChI is InChI=1S/C15H24N2O2S/c1-11-6-12(2)8-15(7-11)17-20(18,19)10-13-4-3-5-14(16)9-13/h3-5,9,11-12,15,17H,6-8,10,16H2,1-2H3. The summed E-state index contributed by atoms with van der Waals surface area (Å²) in [4.78, 5) is 0. The largest absolute Gasteiger partial charge is 0.399 e. The van der Waals surface area contributed by atoms with E-state index in [0.717, 1.165) is 18.4 Å². The van der Waals surface area contributed by atoms with E-state index < -0.39 is 10.0 Å². The molecule has 5 heteroatoms. The first-order chi connectivity index (χ1) is 9.34. The van der Waals surface area contributed by atoms with Gasteiger partial charge in [0.15, 0.2) is 0 Å². The van der Waals surface area contributed by atoms with Gasteiger partial charge in [-0.2, -0.15) is 0 Å². The highest BCUT2D eigenvalue weighted by atomic mass is 32.2. The van der Waals surface area contributed by atoms with Crippen molar-refractivity contribution in [2.45, 2.75) is 44.9 Å². The fourth-order valence-corrected chi connectivity index (χ4v) is 4.64. The van der Waals surface area contributed by atoms with E-state index in [1.165, 1.54) is 6.42 Å². The van der Waals surface area contributed by atoms with Gasteiger partial charge in [-0.3, -0.25) is 0 Å². The van der Waals surface area contributed by atoms with Crippen molar-refractivity contribution in [2.24, 2.45) is 11.8 Å². The summed E-state index contributed by atoms with van der Waals surface area (Å²) < 4.78 is 27.3. The minimum absolute atomic E-state index is 0.00268. The van der Waals surface area contributed by atoms with Gasteiger partial charge < -0.3 is 5.73 Å². The molecule has 0 heterocycles. The molecule has 0 amide bonds. The highest BCUT2D eigenvalue weighted by Crippen LogP contribution is 2.29. The maximum absolute atomic E-state index is 12.2. The lowest BCUT2D eigenvalue weighted by Gasteiger charge is -2.31. The Morgan fingerprint density at radius 1 is 1.20 bits per heavy atom. The third kappa shape index (κ3) is 4.49. The topological polar surface area (TPSA) is 72.2 Å². The Morgan fingerprint density at radius 3 is 2.45 bits per heavy atom. The molecule has 20 heavy (non-hydrogen) atoms. The Hall–Kier alpha value is -1.07. The van der Waals surface area contributed by atoms with Gasteiger partial charge in [-0.05, 0) is 48.8 Å². The SMILES string of the molecule is CC1CC(C)CC(NS(=O)(=O)Cc2cccc(N)c2)C1. The van der Waals surface area contributed by atoms with Gasteiger partial charge in [0.05, 0.1) is 5.75 Å². The minimum Gasteiger partial charge on any atom is -0.399 e. The lowest BCUT2D eigenvalue weighted by molar-refractivity contribution is 0.257. The predicted octanol–water partition coefficient (Wildman–Crippen LogP) is 2.51. The van der Waals surface area contributed by atoms with E-state index in [0.29, 0.717) is 17.5 Å². The first kappa shape index (κ1) is 15.3. The molecule has 0 radical (unpaired) electrons. The summed E-state index contributed by atoms with van der Waals surface area (Å²) in [5.41, 5.74) is 7.01. The molecule has 1 aliphatic carbocycles. The molecule has 0 saturated heterocycles. The van der Waals surface area contributed by atoms with Gasteiger partial charge in [-0.25, -0.2) is 13.1 Å². The molecule has 0 aliphatic heterocycles. The van der Waals surface area contributed by atoms with E-state index >= 15 is 0 Å². The van der Waals surface area contributed by atoms with Crippen LogP contribution in [0.25, 0.3) is 0 Å². The molecule has 0 spiro atoms. The number of nitrogens with two attached hydrogens (primary N) is 1. The Bertz CT molecular complexity index is 547. The van der Waals surface area contributed by atoms with Crippen LogP contribution in [0.4, 0.5) is 5.69 Å². The molecule has 0 bridgehead atoms. The highest BCUT2D eigenvalue weighted by molar-refractivity contribution is 7.88.